The summed E-state index contributed by atoms with van der Waals surface area (Å²) in [5.41, 5.74) is 8.90. The van der Waals surface area contributed by atoms with Crippen molar-refractivity contribution in [3.63, 3.8) is 0 Å². The molecule has 0 unspecified atom stereocenters. The summed E-state index contributed by atoms with van der Waals surface area (Å²) in [5.74, 6) is -0.262. The van der Waals surface area contributed by atoms with Crippen LogP contribution in [0.25, 0.3) is 5.69 Å². The second-order valence-electron chi connectivity index (χ2n) is 4.31. The van der Waals surface area contributed by atoms with Gasteiger partial charge in [0.25, 0.3) is 0 Å². The molecule has 0 atom stereocenters. The number of aryl methyl sites for hydroxylation is 1. The minimum Gasteiger partial charge on any atom is -0.406 e. The number of halogens is 3. The molecule has 0 amide bonds. The highest BCUT2D eigenvalue weighted by atomic mass is 19.4. The van der Waals surface area contributed by atoms with E-state index >= 15 is 0 Å². The zero-order chi connectivity index (χ0) is 14.9. The molecular formula is C13H14F3N3O. The summed E-state index contributed by atoms with van der Waals surface area (Å²) < 4.78 is 41.7. The minimum absolute atomic E-state index is 0.262. The number of benzene rings is 1. The average Bonchev–Trinajstić information content (AvgIpc) is 2.63. The van der Waals surface area contributed by atoms with Crippen LogP contribution in [-0.2, 0) is 6.54 Å². The van der Waals surface area contributed by atoms with E-state index in [0.29, 0.717) is 12.2 Å². The van der Waals surface area contributed by atoms with Gasteiger partial charge in [0, 0.05) is 17.8 Å². The Morgan fingerprint density at radius 2 is 1.80 bits per heavy atom. The van der Waals surface area contributed by atoms with Gasteiger partial charge >= 0.3 is 6.36 Å². The van der Waals surface area contributed by atoms with E-state index in [0.717, 1.165) is 17.0 Å². The van der Waals surface area contributed by atoms with Gasteiger partial charge in [-0.2, -0.15) is 5.10 Å². The van der Waals surface area contributed by atoms with Gasteiger partial charge in [0.05, 0.1) is 11.4 Å². The monoisotopic (exact) mass is 285 g/mol. The fourth-order valence-electron chi connectivity index (χ4n) is 2.01. The number of nitrogens with zero attached hydrogens (tertiary/aromatic N) is 2. The first-order chi connectivity index (χ1) is 9.31. The standard InChI is InChI=1S/C13H14F3N3O/c1-8-12(7-17)9(2)19(18-8)10-3-5-11(6-4-10)20-13(14,15)16/h3-6H,7,17H2,1-2H3. The summed E-state index contributed by atoms with van der Waals surface area (Å²) in [5, 5.41) is 4.33. The van der Waals surface area contributed by atoms with Crippen molar-refractivity contribution in [2.24, 2.45) is 5.73 Å². The maximum Gasteiger partial charge on any atom is 0.573 e. The Morgan fingerprint density at radius 1 is 1.20 bits per heavy atom. The Bertz CT molecular complexity index is 603. The summed E-state index contributed by atoms with van der Waals surface area (Å²) in [6.45, 7) is 4.07. The number of aromatic nitrogens is 2. The number of alkyl halides is 3. The molecule has 1 aromatic heterocycles. The highest BCUT2D eigenvalue weighted by Gasteiger charge is 2.31. The molecule has 2 rings (SSSR count). The third-order valence-electron chi connectivity index (χ3n) is 2.96. The minimum atomic E-state index is -4.69. The molecule has 1 aromatic carbocycles. The first-order valence-corrected chi connectivity index (χ1v) is 5.93. The highest BCUT2D eigenvalue weighted by molar-refractivity contribution is 5.40. The van der Waals surface area contributed by atoms with Crippen molar-refractivity contribution in [1.82, 2.24) is 9.78 Å². The predicted molar refractivity (Wildman–Crippen MR) is 67.6 cm³/mol. The maximum absolute atomic E-state index is 12.1. The van der Waals surface area contributed by atoms with Crippen LogP contribution in [-0.4, -0.2) is 16.1 Å². The van der Waals surface area contributed by atoms with E-state index in [1.807, 2.05) is 13.8 Å². The molecule has 7 heteroatoms. The van der Waals surface area contributed by atoms with Crippen LogP contribution in [0.2, 0.25) is 0 Å². The molecular weight excluding hydrogens is 271 g/mol. The van der Waals surface area contributed by atoms with Crippen molar-refractivity contribution in [3.8, 4) is 11.4 Å². The molecule has 0 aliphatic rings. The van der Waals surface area contributed by atoms with E-state index in [1.165, 1.54) is 24.3 Å². The smallest absolute Gasteiger partial charge is 0.406 e. The quantitative estimate of drug-likeness (QED) is 0.943. The third-order valence-corrected chi connectivity index (χ3v) is 2.96. The van der Waals surface area contributed by atoms with Gasteiger partial charge in [0.1, 0.15) is 5.75 Å². The Morgan fingerprint density at radius 3 is 2.25 bits per heavy atom. The number of hydrogen-bond donors (Lipinski definition) is 1. The zero-order valence-electron chi connectivity index (χ0n) is 11.0. The van der Waals surface area contributed by atoms with Crippen LogP contribution in [0.15, 0.2) is 24.3 Å². The molecule has 0 bridgehead atoms. The lowest BCUT2D eigenvalue weighted by molar-refractivity contribution is -0.274. The van der Waals surface area contributed by atoms with Crippen LogP contribution in [0, 0.1) is 13.8 Å². The molecule has 2 N–H and O–H groups in total. The average molecular weight is 285 g/mol. The van der Waals surface area contributed by atoms with Crippen LogP contribution in [0.1, 0.15) is 17.0 Å². The molecule has 4 nitrogen and oxygen atoms in total. The van der Waals surface area contributed by atoms with E-state index in [1.54, 1.807) is 4.68 Å². The van der Waals surface area contributed by atoms with Crippen molar-refractivity contribution in [2.45, 2.75) is 26.8 Å². The topological polar surface area (TPSA) is 53.1 Å². The van der Waals surface area contributed by atoms with Crippen molar-refractivity contribution in [1.29, 1.82) is 0 Å². The molecule has 1 heterocycles. The van der Waals surface area contributed by atoms with Gasteiger partial charge in [0.15, 0.2) is 0 Å². The number of ether oxygens (including phenoxy) is 1. The number of nitrogens with two attached hydrogens (primary N) is 1. The molecule has 0 saturated carbocycles. The molecule has 0 saturated heterocycles. The van der Waals surface area contributed by atoms with E-state index in [4.69, 9.17) is 5.73 Å². The fraction of sp³-hybridized carbons (Fsp3) is 0.308. The molecule has 0 aliphatic heterocycles. The van der Waals surface area contributed by atoms with Crippen LogP contribution < -0.4 is 10.5 Å². The van der Waals surface area contributed by atoms with E-state index in [-0.39, 0.29) is 5.75 Å². The summed E-state index contributed by atoms with van der Waals surface area (Å²) in [4.78, 5) is 0. The van der Waals surface area contributed by atoms with Gasteiger partial charge in [-0.05, 0) is 38.1 Å². The van der Waals surface area contributed by atoms with Gasteiger partial charge in [-0.3, -0.25) is 0 Å². The second-order valence-corrected chi connectivity index (χ2v) is 4.31. The molecule has 0 fully saturated rings. The lowest BCUT2D eigenvalue weighted by Crippen LogP contribution is -2.17. The molecule has 2 aromatic rings. The number of hydrogen-bond acceptors (Lipinski definition) is 3. The fourth-order valence-corrected chi connectivity index (χ4v) is 2.01. The molecule has 0 aliphatic carbocycles. The highest BCUT2D eigenvalue weighted by Crippen LogP contribution is 2.24. The Kier molecular flexibility index (Phi) is 3.71. The third kappa shape index (κ3) is 2.93. The summed E-state index contributed by atoms with van der Waals surface area (Å²) in [6, 6.07) is 5.53. The normalized spacial score (nSPS) is 11.7. The van der Waals surface area contributed by atoms with E-state index in [2.05, 4.69) is 9.84 Å². The molecule has 0 spiro atoms. The molecule has 108 valence electrons. The van der Waals surface area contributed by atoms with Crippen molar-refractivity contribution >= 4 is 0 Å². The van der Waals surface area contributed by atoms with Crippen LogP contribution in [0.4, 0.5) is 13.2 Å². The van der Waals surface area contributed by atoms with Gasteiger partial charge < -0.3 is 10.5 Å². The zero-order valence-corrected chi connectivity index (χ0v) is 11.0. The van der Waals surface area contributed by atoms with Crippen LogP contribution in [0.5, 0.6) is 5.75 Å². The summed E-state index contributed by atoms with van der Waals surface area (Å²) in [6.07, 6.45) is -4.69. The Balaban J connectivity index is 2.31. The number of rotatable bonds is 3. The van der Waals surface area contributed by atoms with Gasteiger partial charge in [-0.25, -0.2) is 4.68 Å². The Labute approximate surface area is 114 Å². The van der Waals surface area contributed by atoms with Crippen molar-refractivity contribution < 1.29 is 17.9 Å². The molecule has 0 radical (unpaired) electrons. The lowest BCUT2D eigenvalue weighted by atomic mass is 10.2. The predicted octanol–water partition coefficient (Wildman–Crippen LogP) is 2.85. The second kappa shape index (κ2) is 5.16. The summed E-state index contributed by atoms with van der Waals surface area (Å²) in [7, 11) is 0. The first-order valence-electron chi connectivity index (χ1n) is 5.93. The SMILES string of the molecule is Cc1nn(-c2ccc(OC(F)(F)F)cc2)c(C)c1CN. The first kappa shape index (κ1) is 14.4. The Hall–Kier alpha value is -2.02. The van der Waals surface area contributed by atoms with E-state index in [9.17, 15) is 13.2 Å². The maximum atomic E-state index is 12.1. The van der Waals surface area contributed by atoms with E-state index < -0.39 is 6.36 Å². The largest absolute Gasteiger partial charge is 0.573 e. The van der Waals surface area contributed by atoms with Crippen molar-refractivity contribution in [2.75, 3.05) is 0 Å². The lowest BCUT2D eigenvalue weighted by Gasteiger charge is -2.10. The van der Waals surface area contributed by atoms with Gasteiger partial charge in [0.2, 0.25) is 0 Å². The van der Waals surface area contributed by atoms with Gasteiger partial charge in [-0.15, -0.1) is 13.2 Å². The van der Waals surface area contributed by atoms with Gasteiger partial charge in [-0.1, -0.05) is 0 Å². The van der Waals surface area contributed by atoms with Crippen LogP contribution >= 0.6 is 0 Å². The van der Waals surface area contributed by atoms with Crippen molar-refractivity contribution in [3.05, 3.63) is 41.2 Å². The molecule has 20 heavy (non-hydrogen) atoms. The van der Waals surface area contributed by atoms with Crippen LogP contribution in [0.3, 0.4) is 0 Å². The summed E-state index contributed by atoms with van der Waals surface area (Å²) >= 11 is 0.